The van der Waals surface area contributed by atoms with Crippen LogP contribution in [0.5, 0.6) is 0 Å². The molecule has 0 radical (unpaired) electrons. The molecule has 6 rings (SSSR count). The van der Waals surface area contributed by atoms with Gasteiger partial charge < -0.3 is 15.1 Å². The number of alkyl halides is 2. The lowest BCUT2D eigenvalue weighted by atomic mass is 9.93. The molecular formula is C27H30F2IN5O. The molecule has 0 bridgehead atoms. The van der Waals surface area contributed by atoms with Crippen molar-refractivity contribution in [3.8, 4) is 0 Å². The average molecular weight is 605 g/mol. The molecule has 1 aliphatic carbocycles. The van der Waals surface area contributed by atoms with E-state index in [4.69, 9.17) is 0 Å². The zero-order valence-electron chi connectivity index (χ0n) is 20.4. The summed E-state index contributed by atoms with van der Waals surface area (Å²) in [6.45, 7) is 2.50. The van der Waals surface area contributed by atoms with Gasteiger partial charge in [0.25, 0.3) is 11.8 Å². The van der Waals surface area contributed by atoms with Crippen LogP contribution in [0, 0.1) is 8.99 Å². The number of fused-ring (bicyclic) bond motifs is 1. The number of rotatable bonds is 4. The molecule has 1 N–H and O–H groups in total. The number of anilines is 3. The van der Waals surface area contributed by atoms with Crippen molar-refractivity contribution < 1.29 is 13.6 Å². The van der Waals surface area contributed by atoms with E-state index in [2.05, 4.69) is 44.0 Å². The number of halogens is 3. The predicted octanol–water partition coefficient (Wildman–Crippen LogP) is 6.05. The molecule has 0 unspecified atom stereocenters. The van der Waals surface area contributed by atoms with Crippen LogP contribution in [-0.2, 0) is 7.05 Å². The highest BCUT2D eigenvalue weighted by molar-refractivity contribution is 14.1. The van der Waals surface area contributed by atoms with Gasteiger partial charge in [-0.15, -0.1) is 0 Å². The van der Waals surface area contributed by atoms with Gasteiger partial charge in [-0.2, -0.15) is 5.10 Å². The molecule has 2 saturated heterocycles. The third kappa shape index (κ3) is 4.54. The molecule has 1 aromatic heterocycles. The first-order valence-electron chi connectivity index (χ1n) is 12.7. The fraction of sp³-hybridized carbons (Fsp3) is 0.481. The fourth-order valence-corrected chi connectivity index (χ4v) is 6.13. The molecule has 2 aliphatic heterocycles. The molecule has 6 nitrogen and oxygen atoms in total. The fourth-order valence-electron chi connectivity index (χ4n) is 5.66. The zero-order valence-corrected chi connectivity index (χ0v) is 22.5. The SMILES string of the molecule is Cn1nc(N2CCC(F)(F)CC2)c2cc(NC(=O)c3ccc(I)cc3N3CCC4(CC3)CC4)ccc21. The smallest absolute Gasteiger partial charge is 0.257 e. The maximum absolute atomic E-state index is 13.7. The van der Waals surface area contributed by atoms with Gasteiger partial charge in [-0.1, -0.05) is 0 Å². The van der Waals surface area contributed by atoms with Gasteiger partial charge in [0.2, 0.25) is 0 Å². The van der Waals surface area contributed by atoms with Gasteiger partial charge in [0.15, 0.2) is 5.82 Å². The van der Waals surface area contributed by atoms with E-state index in [1.165, 1.54) is 25.7 Å². The predicted molar refractivity (Wildman–Crippen MR) is 147 cm³/mol. The first-order chi connectivity index (χ1) is 17.2. The van der Waals surface area contributed by atoms with Crippen LogP contribution in [0.3, 0.4) is 0 Å². The third-order valence-electron chi connectivity index (χ3n) is 8.21. The van der Waals surface area contributed by atoms with Crippen LogP contribution in [-0.4, -0.2) is 47.8 Å². The molecule has 36 heavy (non-hydrogen) atoms. The highest BCUT2D eigenvalue weighted by Gasteiger charge is 2.44. The van der Waals surface area contributed by atoms with E-state index in [0.717, 1.165) is 33.3 Å². The minimum Gasteiger partial charge on any atom is -0.371 e. The van der Waals surface area contributed by atoms with Crippen LogP contribution >= 0.6 is 22.6 Å². The summed E-state index contributed by atoms with van der Waals surface area (Å²) in [6.07, 6.45) is 4.74. The van der Waals surface area contributed by atoms with E-state index in [1.54, 1.807) is 4.68 Å². The summed E-state index contributed by atoms with van der Waals surface area (Å²) in [6, 6.07) is 11.7. The summed E-state index contributed by atoms with van der Waals surface area (Å²) in [7, 11) is 1.85. The Morgan fingerprint density at radius 1 is 0.944 bits per heavy atom. The molecule has 2 aromatic carbocycles. The van der Waals surface area contributed by atoms with E-state index in [-0.39, 0.29) is 31.8 Å². The number of piperidine rings is 2. The number of carbonyl (C=O) groups excluding carboxylic acids is 1. The summed E-state index contributed by atoms with van der Waals surface area (Å²) in [4.78, 5) is 17.8. The number of nitrogens with zero attached hydrogens (tertiary/aromatic N) is 4. The molecule has 3 heterocycles. The second-order valence-electron chi connectivity index (χ2n) is 10.6. The Labute approximate surface area is 223 Å². The molecule has 1 amide bonds. The average Bonchev–Trinajstić information content (AvgIpc) is 3.53. The van der Waals surface area contributed by atoms with Crippen LogP contribution < -0.4 is 15.1 Å². The number of nitrogens with one attached hydrogen (secondary N) is 1. The van der Waals surface area contributed by atoms with Crippen LogP contribution in [0.2, 0.25) is 0 Å². The van der Waals surface area contributed by atoms with Gasteiger partial charge in [0.1, 0.15) is 0 Å². The Morgan fingerprint density at radius 3 is 2.33 bits per heavy atom. The summed E-state index contributed by atoms with van der Waals surface area (Å²) in [5.74, 6) is -2.06. The van der Waals surface area contributed by atoms with Crippen molar-refractivity contribution in [3.63, 3.8) is 0 Å². The van der Waals surface area contributed by atoms with Gasteiger partial charge in [-0.3, -0.25) is 9.48 Å². The Balaban J connectivity index is 1.25. The maximum atomic E-state index is 13.7. The van der Waals surface area contributed by atoms with Crippen LogP contribution in [0.15, 0.2) is 36.4 Å². The van der Waals surface area contributed by atoms with Crippen molar-refractivity contribution >= 4 is 56.6 Å². The summed E-state index contributed by atoms with van der Waals surface area (Å²) >= 11 is 2.30. The van der Waals surface area contributed by atoms with Gasteiger partial charge in [-0.25, -0.2) is 8.78 Å². The van der Waals surface area contributed by atoms with Gasteiger partial charge in [0, 0.05) is 60.7 Å². The van der Waals surface area contributed by atoms with Crippen molar-refractivity contribution in [2.45, 2.75) is 44.4 Å². The molecule has 3 fully saturated rings. The number of aromatic nitrogens is 2. The van der Waals surface area contributed by atoms with Crippen molar-refractivity contribution in [3.05, 3.63) is 45.5 Å². The molecule has 3 aromatic rings. The third-order valence-corrected chi connectivity index (χ3v) is 8.88. The second-order valence-corrected chi connectivity index (χ2v) is 11.9. The topological polar surface area (TPSA) is 53.4 Å². The van der Waals surface area contributed by atoms with Crippen molar-refractivity contribution in [2.75, 3.05) is 41.3 Å². The minimum absolute atomic E-state index is 0.143. The van der Waals surface area contributed by atoms with E-state index < -0.39 is 5.92 Å². The molecule has 3 aliphatic rings. The number of aryl methyl sites for hydroxylation is 1. The molecule has 1 saturated carbocycles. The Kier molecular flexibility index (Phi) is 5.88. The van der Waals surface area contributed by atoms with Gasteiger partial charge in [-0.05, 0) is 90.1 Å². The molecule has 190 valence electrons. The Bertz CT molecular complexity index is 1320. The molecule has 1 spiro atoms. The maximum Gasteiger partial charge on any atom is 0.257 e. The van der Waals surface area contributed by atoms with Crippen molar-refractivity contribution in [2.24, 2.45) is 12.5 Å². The standard InChI is InChI=1S/C27H30F2IN5O/c1-33-22-5-3-19(17-21(22)24(32-33)35-14-10-27(28,29)11-15-35)31-25(36)20-4-2-18(30)16-23(20)34-12-8-26(6-7-26)9-13-34/h2-5,16-17H,6-15H2,1H3,(H,31,36). The Hall–Kier alpha value is -2.43. The van der Waals surface area contributed by atoms with Crippen molar-refractivity contribution in [1.29, 1.82) is 0 Å². The van der Waals surface area contributed by atoms with E-state index in [9.17, 15) is 13.6 Å². The Morgan fingerprint density at radius 2 is 1.64 bits per heavy atom. The number of hydrogen-bond acceptors (Lipinski definition) is 4. The van der Waals surface area contributed by atoms with Gasteiger partial charge in [0.05, 0.1) is 16.8 Å². The highest BCUT2D eigenvalue weighted by Crippen LogP contribution is 2.54. The largest absolute Gasteiger partial charge is 0.371 e. The monoisotopic (exact) mass is 605 g/mol. The van der Waals surface area contributed by atoms with E-state index in [0.29, 0.717) is 22.5 Å². The lowest BCUT2D eigenvalue weighted by molar-refractivity contribution is -0.0221. The highest BCUT2D eigenvalue weighted by atomic mass is 127. The number of carbonyl (C=O) groups is 1. The van der Waals surface area contributed by atoms with Crippen LogP contribution in [0.1, 0.15) is 48.9 Å². The quantitative estimate of drug-likeness (QED) is 0.369. The number of hydrogen-bond donors (Lipinski definition) is 1. The van der Waals surface area contributed by atoms with E-state index in [1.807, 2.05) is 42.3 Å². The molecule has 9 heteroatoms. The van der Waals surface area contributed by atoms with Crippen LogP contribution in [0.25, 0.3) is 10.9 Å². The lowest BCUT2D eigenvalue weighted by Gasteiger charge is -2.35. The first-order valence-corrected chi connectivity index (χ1v) is 13.8. The second kappa shape index (κ2) is 8.85. The number of amides is 1. The summed E-state index contributed by atoms with van der Waals surface area (Å²) < 4.78 is 30.3. The van der Waals surface area contributed by atoms with Crippen LogP contribution in [0.4, 0.5) is 26.0 Å². The lowest BCUT2D eigenvalue weighted by Crippen LogP contribution is -2.39. The minimum atomic E-state index is -2.61. The normalized spacial score (nSPS) is 20.7. The number of benzene rings is 2. The summed E-state index contributed by atoms with van der Waals surface area (Å²) in [5, 5.41) is 8.56. The van der Waals surface area contributed by atoms with Crippen molar-refractivity contribution in [1.82, 2.24) is 9.78 Å². The van der Waals surface area contributed by atoms with E-state index >= 15 is 0 Å². The van der Waals surface area contributed by atoms with Gasteiger partial charge >= 0.3 is 0 Å². The summed E-state index contributed by atoms with van der Waals surface area (Å²) in [5.41, 5.74) is 3.81. The molecular weight excluding hydrogens is 575 g/mol. The molecule has 0 atom stereocenters. The first kappa shape index (κ1) is 23.9. The zero-order chi connectivity index (χ0) is 25.1.